The quantitative estimate of drug-likeness (QED) is 0.151. The molecule has 382 valence electrons. The number of aliphatic hydroxyl groups is 3. The van der Waals surface area contributed by atoms with Crippen molar-refractivity contribution in [1.82, 2.24) is 10.2 Å². The number of ether oxygens (including phenoxy) is 9. The van der Waals surface area contributed by atoms with Crippen LogP contribution in [0.3, 0.4) is 0 Å². The molecule has 0 aromatic heterocycles. The number of esters is 2. The van der Waals surface area contributed by atoms with Gasteiger partial charge in [-0.15, -0.1) is 0 Å². The van der Waals surface area contributed by atoms with E-state index in [0.717, 1.165) is 5.56 Å². The van der Waals surface area contributed by atoms with E-state index >= 15 is 0 Å². The molecule has 0 spiro atoms. The van der Waals surface area contributed by atoms with Gasteiger partial charge in [-0.05, 0) is 80.5 Å². The third-order valence-electron chi connectivity index (χ3n) is 14.3. The molecule has 18 atom stereocenters. The third kappa shape index (κ3) is 13.7. The number of nitrogens with zero attached hydrogens (tertiary/aromatic N) is 1. The molecule has 18 nitrogen and oxygen atoms in total. The maximum atomic E-state index is 14.5. The standard InChI is InChI=1S/C49H80N2O16/c1-15-35-49(10,58)41(54)29(4)38(53)27(2)24-48(9,60-14)43(30(5)39(31(6)44(56)64-35)66-37-25-47(8,59-13)42(55)32(7)63-37)67-45-40(34(51(11)12)23-28(3)62-45)65-36(52)21-22-50-46(57)61-26-33-19-17-16-18-20-33/h16-20,27-32,34-35,37,39-43,45,54-55,58H,15,21-26H2,1-14H3,(H,50,57)/t27-,28-,29+,30+,31-,32+,34+,35-,37+,39+,40-,41-,42+,43-,45+,47-,48-,49-/m1/s1. The Hall–Kier alpha value is -3.30. The zero-order valence-electron chi connectivity index (χ0n) is 42.1. The highest BCUT2D eigenvalue weighted by Crippen LogP contribution is 2.42. The smallest absolute Gasteiger partial charge is 0.407 e. The first kappa shape index (κ1) is 56.3. The highest BCUT2D eigenvalue weighted by Gasteiger charge is 2.54. The van der Waals surface area contributed by atoms with Crippen LogP contribution in [-0.4, -0.2) is 163 Å². The summed E-state index contributed by atoms with van der Waals surface area (Å²) in [4.78, 5) is 56.8. The number of rotatable bonds is 14. The van der Waals surface area contributed by atoms with Crippen LogP contribution in [0.1, 0.15) is 107 Å². The number of Topliss-reactive ketones (excluding diaryl/α,β-unsaturated/α-hetero) is 1. The zero-order chi connectivity index (χ0) is 50.2. The second kappa shape index (κ2) is 24.0. The van der Waals surface area contributed by atoms with E-state index in [1.807, 2.05) is 63.2 Å². The summed E-state index contributed by atoms with van der Waals surface area (Å²) in [6, 6.07) is 8.77. The van der Waals surface area contributed by atoms with Crippen molar-refractivity contribution in [3.63, 3.8) is 0 Å². The molecular weight excluding hydrogens is 873 g/mol. The van der Waals surface area contributed by atoms with Gasteiger partial charge in [0.25, 0.3) is 0 Å². The van der Waals surface area contributed by atoms with Gasteiger partial charge < -0.3 is 68.2 Å². The molecule has 1 aromatic rings. The van der Waals surface area contributed by atoms with Gasteiger partial charge in [-0.25, -0.2) is 4.79 Å². The fourth-order valence-electron chi connectivity index (χ4n) is 9.95. The van der Waals surface area contributed by atoms with Crippen LogP contribution in [0.15, 0.2) is 30.3 Å². The van der Waals surface area contributed by atoms with E-state index in [0.29, 0.717) is 6.42 Å². The van der Waals surface area contributed by atoms with Crippen LogP contribution in [0.5, 0.6) is 0 Å². The predicted molar refractivity (Wildman–Crippen MR) is 244 cm³/mol. The number of carbonyl (C=O) groups is 4. The first-order chi connectivity index (χ1) is 31.3. The number of hydrogen-bond acceptors (Lipinski definition) is 17. The summed E-state index contributed by atoms with van der Waals surface area (Å²) in [6.07, 6.45) is -10.7. The van der Waals surface area contributed by atoms with Gasteiger partial charge in [-0.3, -0.25) is 14.4 Å². The minimum atomic E-state index is -2.02. The lowest BCUT2D eigenvalue weighted by atomic mass is 9.74. The van der Waals surface area contributed by atoms with E-state index in [1.165, 1.54) is 28.1 Å². The summed E-state index contributed by atoms with van der Waals surface area (Å²) in [5, 5.41) is 37.1. The summed E-state index contributed by atoms with van der Waals surface area (Å²) in [5.74, 6) is -5.57. The van der Waals surface area contributed by atoms with E-state index in [1.54, 1.807) is 41.5 Å². The van der Waals surface area contributed by atoms with Crippen LogP contribution >= 0.6 is 0 Å². The average Bonchev–Trinajstić information content (AvgIpc) is 3.29. The van der Waals surface area contributed by atoms with Gasteiger partial charge in [-0.2, -0.15) is 0 Å². The fraction of sp³-hybridized carbons (Fsp3) is 0.796. The monoisotopic (exact) mass is 953 g/mol. The van der Waals surface area contributed by atoms with Crippen molar-refractivity contribution >= 4 is 23.8 Å². The van der Waals surface area contributed by atoms with Crippen LogP contribution < -0.4 is 5.32 Å². The molecule has 3 aliphatic rings. The van der Waals surface area contributed by atoms with Crippen molar-refractivity contribution in [2.24, 2.45) is 23.7 Å². The van der Waals surface area contributed by atoms with Gasteiger partial charge in [0.1, 0.15) is 30.2 Å². The molecule has 4 rings (SSSR count). The Balaban J connectivity index is 1.77. The number of carbonyl (C=O) groups excluding carboxylic acids is 4. The number of nitrogens with one attached hydrogen (secondary N) is 1. The number of amides is 1. The topological polar surface area (TPSA) is 227 Å². The van der Waals surface area contributed by atoms with E-state index in [-0.39, 0.29) is 44.6 Å². The summed E-state index contributed by atoms with van der Waals surface area (Å²) < 4.78 is 56.4. The Morgan fingerprint density at radius 1 is 0.866 bits per heavy atom. The maximum absolute atomic E-state index is 14.5. The van der Waals surface area contributed by atoms with Crippen LogP contribution in [0, 0.1) is 23.7 Å². The number of cyclic esters (lactones) is 1. The molecule has 4 N–H and O–H groups in total. The molecule has 67 heavy (non-hydrogen) atoms. The minimum absolute atomic E-state index is 0.0279. The molecule has 3 saturated heterocycles. The average molecular weight is 953 g/mol. The van der Waals surface area contributed by atoms with Crippen molar-refractivity contribution in [3.05, 3.63) is 35.9 Å². The molecule has 3 heterocycles. The minimum Gasteiger partial charge on any atom is -0.459 e. The number of benzene rings is 1. The third-order valence-corrected chi connectivity index (χ3v) is 14.3. The number of likely N-dealkylation sites (N-methyl/N-ethyl adjacent to an activating group) is 1. The van der Waals surface area contributed by atoms with Gasteiger partial charge in [0.15, 0.2) is 18.7 Å². The molecule has 3 aliphatic heterocycles. The van der Waals surface area contributed by atoms with Crippen molar-refractivity contribution < 1.29 is 77.1 Å². The van der Waals surface area contributed by atoms with E-state index in [2.05, 4.69) is 5.32 Å². The zero-order valence-corrected chi connectivity index (χ0v) is 42.1. The van der Waals surface area contributed by atoms with Crippen LogP contribution in [0.4, 0.5) is 4.79 Å². The van der Waals surface area contributed by atoms with E-state index < -0.39 is 126 Å². The Kier molecular flexibility index (Phi) is 20.2. The largest absolute Gasteiger partial charge is 0.459 e. The van der Waals surface area contributed by atoms with Crippen molar-refractivity contribution in [2.45, 2.75) is 192 Å². The second-order valence-corrected chi connectivity index (χ2v) is 19.8. The molecule has 0 radical (unpaired) electrons. The number of hydrogen-bond donors (Lipinski definition) is 4. The lowest BCUT2D eigenvalue weighted by molar-refractivity contribution is -0.320. The first-order valence-corrected chi connectivity index (χ1v) is 23.7. The highest BCUT2D eigenvalue weighted by atomic mass is 16.7. The normalized spacial score (nSPS) is 40.4. The van der Waals surface area contributed by atoms with Gasteiger partial charge >= 0.3 is 18.0 Å². The summed E-state index contributed by atoms with van der Waals surface area (Å²) >= 11 is 0. The molecule has 18 heteroatoms. The number of aliphatic hydroxyl groups excluding tert-OH is 2. The van der Waals surface area contributed by atoms with Gasteiger partial charge in [0.2, 0.25) is 0 Å². The SMILES string of the molecule is CC[C@H]1OC(=O)[C@H](C)[C@@H](O[C@H]2C[C@@](C)(OC)[C@@H](O)[C@H](C)O2)[C@H](C)[C@@H](O[C@@H]2O[C@H](C)C[C@H](N(C)C)[C@H]2OC(=O)CCNC(=O)OCc2ccccc2)[C@](C)(OC)C[C@@H](C)C(=O)[C@H](C)[C@@H](O)[C@]1(C)O. The summed E-state index contributed by atoms with van der Waals surface area (Å²) in [6.45, 7) is 16.8. The van der Waals surface area contributed by atoms with Gasteiger partial charge in [-0.1, -0.05) is 58.0 Å². The Labute approximate surface area is 396 Å². The maximum Gasteiger partial charge on any atom is 0.407 e. The summed E-state index contributed by atoms with van der Waals surface area (Å²) in [5.41, 5.74) is -3.68. The number of alkyl carbamates (subject to hydrolysis) is 1. The van der Waals surface area contributed by atoms with Crippen LogP contribution in [-0.2, 0) is 63.6 Å². The Bertz CT molecular complexity index is 1770. The van der Waals surface area contributed by atoms with Crippen molar-refractivity contribution in [3.8, 4) is 0 Å². The van der Waals surface area contributed by atoms with Gasteiger partial charge in [0, 0.05) is 44.9 Å². The van der Waals surface area contributed by atoms with E-state index in [4.69, 9.17) is 42.6 Å². The lowest BCUT2D eigenvalue weighted by Gasteiger charge is -2.50. The molecule has 0 bridgehead atoms. The number of methoxy groups -OCH3 is 2. The highest BCUT2D eigenvalue weighted by molar-refractivity contribution is 5.83. The lowest BCUT2D eigenvalue weighted by Crippen LogP contribution is -2.62. The van der Waals surface area contributed by atoms with E-state index in [9.17, 15) is 34.5 Å². The first-order valence-electron chi connectivity index (χ1n) is 23.7. The molecule has 0 saturated carbocycles. The van der Waals surface area contributed by atoms with Crippen LogP contribution in [0.2, 0.25) is 0 Å². The van der Waals surface area contributed by atoms with Gasteiger partial charge in [0.05, 0.1) is 60.1 Å². The number of ketones is 1. The molecule has 0 aliphatic carbocycles. The Morgan fingerprint density at radius 2 is 1.51 bits per heavy atom. The van der Waals surface area contributed by atoms with Crippen molar-refractivity contribution in [1.29, 1.82) is 0 Å². The fourth-order valence-corrected chi connectivity index (χ4v) is 9.95. The Morgan fingerprint density at radius 3 is 2.10 bits per heavy atom. The van der Waals surface area contributed by atoms with Crippen LogP contribution in [0.25, 0.3) is 0 Å². The molecule has 1 aromatic carbocycles. The molecule has 0 unspecified atom stereocenters. The van der Waals surface area contributed by atoms with Crippen molar-refractivity contribution in [2.75, 3.05) is 34.9 Å². The summed E-state index contributed by atoms with van der Waals surface area (Å²) in [7, 11) is 6.67. The molecule has 1 amide bonds. The molecule has 3 fully saturated rings. The molecular formula is C49H80N2O16. The predicted octanol–water partition coefficient (Wildman–Crippen LogP) is 4.31. The second-order valence-electron chi connectivity index (χ2n) is 19.8.